The summed E-state index contributed by atoms with van der Waals surface area (Å²) in [5.41, 5.74) is -2.06. The summed E-state index contributed by atoms with van der Waals surface area (Å²) in [4.78, 5) is 34.9. The Morgan fingerprint density at radius 3 is 2.55 bits per heavy atom. The van der Waals surface area contributed by atoms with Crippen LogP contribution in [0.5, 0.6) is 0 Å². The van der Waals surface area contributed by atoms with Gasteiger partial charge in [0, 0.05) is 25.3 Å². The SMILES string of the molecule is C=CC(=O)OC12CC1(C(=O)OC1CC(C)(C)OC1=O)C2. The van der Waals surface area contributed by atoms with Gasteiger partial charge in [-0.15, -0.1) is 0 Å². The van der Waals surface area contributed by atoms with E-state index in [0.717, 1.165) is 6.08 Å². The van der Waals surface area contributed by atoms with Crippen molar-refractivity contribution in [1.29, 1.82) is 0 Å². The molecule has 3 fully saturated rings. The molecule has 1 saturated heterocycles. The van der Waals surface area contributed by atoms with Crippen LogP contribution in [0, 0.1) is 5.41 Å². The zero-order valence-corrected chi connectivity index (χ0v) is 11.4. The van der Waals surface area contributed by atoms with Crippen LogP contribution in [0.15, 0.2) is 12.7 Å². The standard InChI is InChI=1S/C14H16O6/c1-4-9(15)19-14-6-13(14,7-14)11(17)18-8-5-12(2,3)20-10(8)16/h4,8H,1,5-7H2,2-3H3. The van der Waals surface area contributed by atoms with Gasteiger partial charge < -0.3 is 14.2 Å². The second-order valence-corrected chi connectivity index (χ2v) is 6.33. The number of carbonyl (C=O) groups is 3. The normalized spacial score (nSPS) is 39.3. The maximum absolute atomic E-state index is 12.1. The quantitative estimate of drug-likeness (QED) is 0.432. The van der Waals surface area contributed by atoms with Gasteiger partial charge >= 0.3 is 17.9 Å². The van der Waals surface area contributed by atoms with Gasteiger partial charge in [0.1, 0.15) is 16.6 Å². The average Bonchev–Trinajstić information content (AvgIpc) is 3.09. The van der Waals surface area contributed by atoms with Gasteiger partial charge in [0.15, 0.2) is 0 Å². The topological polar surface area (TPSA) is 78.9 Å². The van der Waals surface area contributed by atoms with Crippen LogP contribution in [0.1, 0.15) is 33.1 Å². The van der Waals surface area contributed by atoms with E-state index in [-0.39, 0.29) is 0 Å². The summed E-state index contributed by atoms with van der Waals surface area (Å²) in [5, 5.41) is 0. The minimum atomic E-state index is -0.860. The first-order valence-electron chi connectivity index (χ1n) is 6.53. The Hall–Kier alpha value is -1.85. The van der Waals surface area contributed by atoms with Crippen LogP contribution >= 0.6 is 0 Å². The lowest BCUT2D eigenvalue weighted by Gasteiger charge is -2.14. The van der Waals surface area contributed by atoms with Gasteiger partial charge in [-0.1, -0.05) is 6.58 Å². The number of hydrogen-bond donors (Lipinski definition) is 0. The lowest BCUT2D eigenvalue weighted by Crippen LogP contribution is -2.26. The van der Waals surface area contributed by atoms with Crippen LogP contribution in [0.25, 0.3) is 0 Å². The fourth-order valence-corrected chi connectivity index (χ4v) is 2.81. The molecule has 0 bridgehead atoms. The molecule has 1 heterocycles. The molecule has 0 N–H and O–H groups in total. The molecule has 1 atom stereocenters. The first-order valence-corrected chi connectivity index (χ1v) is 6.53. The Bertz CT molecular complexity index is 526. The largest absolute Gasteiger partial charge is 0.457 e. The van der Waals surface area contributed by atoms with E-state index in [1.807, 2.05) is 0 Å². The van der Waals surface area contributed by atoms with Gasteiger partial charge in [-0.05, 0) is 13.8 Å². The van der Waals surface area contributed by atoms with Crippen molar-refractivity contribution < 1.29 is 28.6 Å². The van der Waals surface area contributed by atoms with E-state index in [0.29, 0.717) is 19.3 Å². The molecule has 0 aromatic heterocycles. The highest BCUT2D eigenvalue weighted by Crippen LogP contribution is 2.81. The highest BCUT2D eigenvalue weighted by Gasteiger charge is 2.92. The van der Waals surface area contributed by atoms with Gasteiger partial charge in [0.05, 0.1) is 0 Å². The molecule has 3 aliphatic rings. The van der Waals surface area contributed by atoms with E-state index >= 15 is 0 Å². The lowest BCUT2D eigenvalue weighted by molar-refractivity contribution is -0.164. The molecule has 2 saturated carbocycles. The lowest BCUT2D eigenvalue weighted by atomic mass is 10.0. The number of fused-ring (bicyclic) bond motifs is 1. The van der Waals surface area contributed by atoms with Gasteiger partial charge in [0.2, 0.25) is 6.10 Å². The molecule has 6 nitrogen and oxygen atoms in total. The highest BCUT2D eigenvalue weighted by molar-refractivity contribution is 5.93. The first-order chi connectivity index (χ1) is 9.24. The molecular weight excluding hydrogens is 264 g/mol. The summed E-state index contributed by atoms with van der Waals surface area (Å²) >= 11 is 0. The van der Waals surface area contributed by atoms with Crippen LogP contribution in [0.4, 0.5) is 0 Å². The van der Waals surface area contributed by atoms with E-state index in [2.05, 4.69) is 6.58 Å². The minimum Gasteiger partial charge on any atom is -0.457 e. The fourth-order valence-electron chi connectivity index (χ4n) is 2.81. The third-order valence-electron chi connectivity index (χ3n) is 4.22. The van der Waals surface area contributed by atoms with E-state index < -0.39 is 40.6 Å². The summed E-state index contributed by atoms with van der Waals surface area (Å²) in [6.45, 7) is 6.85. The summed E-state index contributed by atoms with van der Waals surface area (Å²) in [5.74, 6) is -1.54. The maximum atomic E-state index is 12.1. The summed E-state index contributed by atoms with van der Waals surface area (Å²) < 4.78 is 15.5. The molecule has 0 aromatic rings. The molecule has 3 rings (SSSR count). The molecule has 1 aliphatic heterocycles. The van der Waals surface area contributed by atoms with E-state index in [9.17, 15) is 14.4 Å². The second kappa shape index (κ2) is 3.62. The van der Waals surface area contributed by atoms with Crippen LogP contribution < -0.4 is 0 Å². The zero-order valence-electron chi connectivity index (χ0n) is 11.4. The Balaban J connectivity index is 1.59. The number of carbonyl (C=O) groups excluding carboxylic acids is 3. The Kier molecular flexibility index (Phi) is 2.38. The molecule has 0 amide bonds. The molecule has 0 aromatic carbocycles. The van der Waals surface area contributed by atoms with Crippen LogP contribution in [-0.4, -0.2) is 35.2 Å². The van der Waals surface area contributed by atoms with Crippen LogP contribution in [0.2, 0.25) is 0 Å². The molecule has 108 valence electrons. The molecule has 1 unspecified atom stereocenters. The smallest absolute Gasteiger partial charge is 0.348 e. The van der Waals surface area contributed by atoms with Crippen molar-refractivity contribution in [3.05, 3.63) is 12.7 Å². The number of esters is 3. The van der Waals surface area contributed by atoms with Crippen molar-refractivity contribution in [2.45, 2.75) is 50.4 Å². The second-order valence-electron chi connectivity index (χ2n) is 6.33. The van der Waals surface area contributed by atoms with Crippen molar-refractivity contribution in [3.63, 3.8) is 0 Å². The predicted molar refractivity (Wildman–Crippen MR) is 65.4 cm³/mol. The summed E-state index contributed by atoms with van der Waals surface area (Å²) in [6.07, 6.45) is 1.47. The van der Waals surface area contributed by atoms with Gasteiger partial charge in [-0.25, -0.2) is 9.59 Å². The van der Waals surface area contributed by atoms with E-state index in [1.54, 1.807) is 13.8 Å². The molecule has 2 aliphatic carbocycles. The third kappa shape index (κ3) is 1.74. The Morgan fingerprint density at radius 2 is 2.05 bits per heavy atom. The molecule has 0 radical (unpaired) electrons. The van der Waals surface area contributed by atoms with Crippen molar-refractivity contribution in [2.24, 2.45) is 5.41 Å². The number of cyclic esters (lactones) is 1. The zero-order chi connectivity index (χ0) is 14.8. The monoisotopic (exact) mass is 280 g/mol. The minimum absolute atomic E-state index is 0.340. The average molecular weight is 280 g/mol. The van der Waals surface area contributed by atoms with Crippen LogP contribution in [0.3, 0.4) is 0 Å². The van der Waals surface area contributed by atoms with E-state index in [4.69, 9.17) is 14.2 Å². The van der Waals surface area contributed by atoms with Gasteiger partial charge in [-0.2, -0.15) is 0 Å². The van der Waals surface area contributed by atoms with Crippen molar-refractivity contribution in [2.75, 3.05) is 0 Å². The summed E-state index contributed by atoms with van der Waals surface area (Å²) in [7, 11) is 0. The van der Waals surface area contributed by atoms with Crippen LogP contribution in [-0.2, 0) is 28.6 Å². The van der Waals surface area contributed by atoms with Gasteiger partial charge in [-0.3, -0.25) is 4.79 Å². The fraction of sp³-hybridized carbons (Fsp3) is 0.643. The molecule has 6 heteroatoms. The third-order valence-corrected chi connectivity index (χ3v) is 4.22. The van der Waals surface area contributed by atoms with Crippen molar-refractivity contribution in [3.8, 4) is 0 Å². The van der Waals surface area contributed by atoms with Gasteiger partial charge in [0.25, 0.3) is 0 Å². The Morgan fingerprint density at radius 1 is 1.40 bits per heavy atom. The summed E-state index contributed by atoms with van der Waals surface area (Å²) in [6, 6.07) is 0. The molecule has 20 heavy (non-hydrogen) atoms. The molecular formula is C14H16O6. The maximum Gasteiger partial charge on any atom is 0.348 e. The number of rotatable bonds is 4. The molecule has 0 spiro atoms. The Labute approximate surface area is 116 Å². The number of hydrogen-bond acceptors (Lipinski definition) is 6. The van der Waals surface area contributed by atoms with Crippen molar-refractivity contribution >= 4 is 17.9 Å². The van der Waals surface area contributed by atoms with Crippen molar-refractivity contribution in [1.82, 2.24) is 0 Å². The predicted octanol–water partition coefficient (Wildman–Crippen LogP) is 0.885. The number of ether oxygens (including phenoxy) is 3. The highest BCUT2D eigenvalue weighted by atomic mass is 16.6. The van der Waals surface area contributed by atoms with E-state index in [1.165, 1.54) is 0 Å². The first kappa shape index (κ1) is 13.1.